The van der Waals surface area contributed by atoms with E-state index in [0.717, 1.165) is 0 Å². The maximum atomic E-state index is 12.0. The molecule has 1 aliphatic carbocycles. The third kappa shape index (κ3) is 3.59. The lowest BCUT2D eigenvalue weighted by Crippen LogP contribution is -2.28. The van der Waals surface area contributed by atoms with E-state index < -0.39 is 0 Å². The van der Waals surface area contributed by atoms with Gasteiger partial charge in [-0.15, -0.1) is 0 Å². The zero-order valence-electron chi connectivity index (χ0n) is 11.7. The lowest BCUT2D eigenvalue weighted by molar-refractivity contribution is -0.123. The Morgan fingerprint density at radius 3 is 2.44 bits per heavy atom. The Labute approximate surface area is 109 Å². The van der Waals surface area contributed by atoms with E-state index in [1.807, 2.05) is 0 Å². The van der Waals surface area contributed by atoms with Crippen molar-refractivity contribution in [2.45, 2.75) is 40.5 Å². The summed E-state index contributed by atoms with van der Waals surface area (Å²) >= 11 is 0. The molecule has 0 spiro atoms. The predicted octanol–water partition coefficient (Wildman–Crippen LogP) is 1.61. The molecule has 1 fully saturated rings. The highest BCUT2D eigenvalue weighted by Crippen LogP contribution is 2.59. The molecule has 4 nitrogen and oxygen atoms in total. The van der Waals surface area contributed by atoms with Crippen molar-refractivity contribution in [3.63, 3.8) is 0 Å². The Morgan fingerprint density at radius 1 is 1.33 bits per heavy atom. The van der Waals surface area contributed by atoms with Crippen LogP contribution in [0.1, 0.15) is 40.5 Å². The molecule has 0 aromatic carbocycles. The maximum Gasteiger partial charge on any atom is 0.224 e. The van der Waals surface area contributed by atoms with Gasteiger partial charge in [-0.25, -0.2) is 0 Å². The van der Waals surface area contributed by atoms with E-state index in [4.69, 9.17) is 5.73 Å². The number of amides is 2. The van der Waals surface area contributed by atoms with Crippen molar-refractivity contribution >= 4 is 11.8 Å². The molecule has 1 aliphatic rings. The predicted molar refractivity (Wildman–Crippen MR) is 71.6 cm³/mol. The van der Waals surface area contributed by atoms with Gasteiger partial charge in [0.1, 0.15) is 0 Å². The molecule has 0 radical (unpaired) electrons. The van der Waals surface area contributed by atoms with Gasteiger partial charge in [-0.2, -0.15) is 0 Å². The first-order valence-corrected chi connectivity index (χ1v) is 6.48. The molecular weight excluding hydrogens is 228 g/mol. The molecule has 0 bridgehead atoms. The van der Waals surface area contributed by atoms with Gasteiger partial charge in [-0.05, 0) is 31.6 Å². The number of hydrogen-bond acceptors (Lipinski definition) is 2. The van der Waals surface area contributed by atoms with Gasteiger partial charge in [0.05, 0.1) is 5.92 Å². The summed E-state index contributed by atoms with van der Waals surface area (Å²) in [7, 11) is 0. The summed E-state index contributed by atoms with van der Waals surface area (Å²) in [5.41, 5.74) is 6.34. The number of allylic oxidation sites excluding steroid dienone is 2. The van der Waals surface area contributed by atoms with Gasteiger partial charge in [0.15, 0.2) is 0 Å². The van der Waals surface area contributed by atoms with Crippen LogP contribution in [0.25, 0.3) is 0 Å². The van der Waals surface area contributed by atoms with Gasteiger partial charge < -0.3 is 11.1 Å². The number of carbonyl (C=O) groups excluding carboxylic acids is 2. The molecule has 4 heteroatoms. The highest BCUT2D eigenvalue weighted by atomic mass is 16.2. The van der Waals surface area contributed by atoms with E-state index in [9.17, 15) is 9.59 Å². The average Bonchev–Trinajstić information content (AvgIpc) is 2.74. The zero-order valence-corrected chi connectivity index (χ0v) is 11.7. The molecule has 0 saturated heterocycles. The van der Waals surface area contributed by atoms with E-state index in [0.29, 0.717) is 25.3 Å². The summed E-state index contributed by atoms with van der Waals surface area (Å²) in [6.45, 7) is 8.86. The van der Waals surface area contributed by atoms with Crippen LogP contribution < -0.4 is 11.1 Å². The summed E-state index contributed by atoms with van der Waals surface area (Å²) in [6, 6.07) is 0. The highest BCUT2D eigenvalue weighted by molar-refractivity contribution is 5.83. The molecule has 0 aromatic rings. The monoisotopic (exact) mass is 252 g/mol. The molecule has 2 amide bonds. The number of carbonyl (C=O) groups is 2. The van der Waals surface area contributed by atoms with Gasteiger partial charge in [0, 0.05) is 13.0 Å². The highest BCUT2D eigenvalue weighted by Gasteiger charge is 2.60. The van der Waals surface area contributed by atoms with Crippen molar-refractivity contribution in [2.75, 3.05) is 6.54 Å². The van der Waals surface area contributed by atoms with Crippen molar-refractivity contribution in [3.8, 4) is 0 Å². The molecule has 2 atom stereocenters. The molecular formula is C14H24N2O2. The second-order valence-electron chi connectivity index (χ2n) is 5.93. The fourth-order valence-electron chi connectivity index (χ4n) is 2.43. The van der Waals surface area contributed by atoms with Gasteiger partial charge >= 0.3 is 0 Å². The van der Waals surface area contributed by atoms with Crippen LogP contribution >= 0.6 is 0 Å². The van der Waals surface area contributed by atoms with Gasteiger partial charge in [0.2, 0.25) is 11.8 Å². The van der Waals surface area contributed by atoms with E-state index in [1.54, 1.807) is 0 Å². The first-order valence-electron chi connectivity index (χ1n) is 6.48. The van der Waals surface area contributed by atoms with Crippen LogP contribution in [0.5, 0.6) is 0 Å². The molecule has 1 rings (SSSR count). The molecule has 1 saturated carbocycles. The second-order valence-corrected chi connectivity index (χ2v) is 5.93. The Bertz CT molecular complexity index is 368. The van der Waals surface area contributed by atoms with E-state index in [2.05, 4.69) is 39.1 Å². The largest absolute Gasteiger partial charge is 0.370 e. The summed E-state index contributed by atoms with van der Waals surface area (Å²) in [6.07, 6.45) is 3.11. The molecule has 0 aliphatic heterocycles. The third-order valence-corrected chi connectivity index (χ3v) is 3.61. The minimum absolute atomic E-state index is 0.0467. The van der Waals surface area contributed by atoms with Gasteiger partial charge in [0.25, 0.3) is 0 Å². The Morgan fingerprint density at radius 2 is 1.94 bits per heavy atom. The van der Waals surface area contributed by atoms with Crippen LogP contribution in [-0.4, -0.2) is 18.4 Å². The molecule has 0 heterocycles. The van der Waals surface area contributed by atoms with E-state index >= 15 is 0 Å². The zero-order chi connectivity index (χ0) is 13.9. The van der Waals surface area contributed by atoms with E-state index in [1.165, 1.54) is 5.57 Å². The fraction of sp³-hybridized carbons (Fsp3) is 0.714. The Kier molecular flexibility index (Phi) is 4.54. The van der Waals surface area contributed by atoms with Crippen molar-refractivity contribution in [3.05, 3.63) is 11.6 Å². The number of rotatable bonds is 6. The van der Waals surface area contributed by atoms with Crippen molar-refractivity contribution in [2.24, 2.45) is 23.0 Å². The van der Waals surface area contributed by atoms with Crippen LogP contribution in [-0.2, 0) is 9.59 Å². The number of primary amides is 1. The van der Waals surface area contributed by atoms with Crippen molar-refractivity contribution in [1.29, 1.82) is 0 Å². The summed E-state index contributed by atoms with van der Waals surface area (Å²) in [4.78, 5) is 22.6. The average molecular weight is 252 g/mol. The molecule has 102 valence electrons. The minimum atomic E-state index is -0.321. The SMILES string of the molecule is CC(C)=C[C@@H]1[C@@H](C(=O)NCCCC(N)=O)C1(C)C. The fourth-order valence-corrected chi connectivity index (χ4v) is 2.43. The molecule has 0 aromatic heterocycles. The lowest BCUT2D eigenvalue weighted by Gasteiger charge is -2.05. The van der Waals surface area contributed by atoms with Gasteiger partial charge in [-0.1, -0.05) is 25.5 Å². The van der Waals surface area contributed by atoms with Crippen LogP contribution in [0.15, 0.2) is 11.6 Å². The Hall–Kier alpha value is -1.32. The quantitative estimate of drug-likeness (QED) is 0.557. The number of nitrogens with one attached hydrogen (secondary N) is 1. The number of hydrogen-bond donors (Lipinski definition) is 2. The van der Waals surface area contributed by atoms with Crippen molar-refractivity contribution in [1.82, 2.24) is 5.32 Å². The second kappa shape index (κ2) is 5.55. The topological polar surface area (TPSA) is 72.2 Å². The molecule has 3 N–H and O–H groups in total. The Balaban J connectivity index is 2.39. The lowest BCUT2D eigenvalue weighted by atomic mass is 10.1. The van der Waals surface area contributed by atoms with Crippen LogP contribution in [0.4, 0.5) is 0 Å². The normalized spacial score (nSPS) is 24.2. The first kappa shape index (κ1) is 14.7. The standard InChI is InChI=1S/C14H24N2O2/c1-9(2)8-10-12(14(10,3)4)13(18)16-7-5-6-11(15)17/h8,10,12H,5-7H2,1-4H3,(H2,15,17)(H,16,18)/t10-,12+/m1/s1. The molecule has 18 heavy (non-hydrogen) atoms. The van der Waals surface area contributed by atoms with Crippen LogP contribution in [0, 0.1) is 17.3 Å². The summed E-state index contributed by atoms with van der Waals surface area (Å²) in [5, 5.41) is 2.88. The summed E-state index contributed by atoms with van der Waals surface area (Å²) < 4.78 is 0. The van der Waals surface area contributed by atoms with Crippen LogP contribution in [0.3, 0.4) is 0 Å². The summed E-state index contributed by atoms with van der Waals surface area (Å²) in [5.74, 6) is 0.157. The maximum absolute atomic E-state index is 12.0. The smallest absolute Gasteiger partial charge is 0.224 e. The third-order valence-electron chi connectivity index (χ3n) is 3.61. The number of nitrogens with two attached hydrogens (primary N) is 1. The van der Waals surface area contributed by atoms with Crippen molar-refractivity contribution < 1.29 is 9.59 Å². The minimum Gasteiger partial charge on any atom is -0.370 e. The van der Waals surface area contributed by atoms with Gasteiger partial charge in [-0.3, -0.25) is 9.59 Å². The van der Waals surface area contributed by atoms with E-state index in [-0.39, 0.29) is 23.1 Å². The first-order chi connectivity index (χ1) is 8.26. The molecule has 0 unspecified atom stereocenters. The van der Waals surface area contributed by atoms with Crippen LogP contribution in [0.2, 0.25) is 0 Å².